The first-order valence-electron chi connectivity index (χ1n) is 5.95. The second-order valence-corrected chi connectivity index (χ2v) is 4.35. The first-order chi connectivity index (χ1) is 8.70. The molecule has 0 saturated heterocycles. The number of hydrogen-bond donors (Lipinski definition) is 2. The minimum atomic E-state index is -0.584. The van der Waals surface area contributed by atoms with Gasteiger partial charge in [-0.3, -0.25) is 0 Å². The van der Waals surface area contributed by atoms with Crippen molar-refractivity contribution in [1.82, 2.24) is 5.32 Å². The van der Waals surface area contributed by atoms with Gasteiger partial charge in [0, 0.05) is 19.0 Å². The lowest BCUT2D eigenvalue weighted by molar-refractivity contribution is 0.168. The van der Waals surface area contributed by atoms with Crippen LogP contribution < -0.4 is 14.8 Å². The van der Waals surface area contributed by atoms with E-state index in [0.29, 0.717) is 18.7 Å². The normalized spacial score (nSPS) is 16.1. The van der Waals surface area contributed by atoms with E-state index in [1.54, 1.807) is 6.07 Å². The third-order valence-electron chi connectivity index (χ3n) is 2.87. The number of ether oxygens (including phenoxy) is 2. The molecule has 1 heterocycles. The molecule has 96 valence electrons. The van der Waals surface area contributed by atoms with Crippen LogP contribution in [-0.4, -0.2) is 24.5 Å². The van der Waals surface area contributed by atoms with Crippen LogP contribution in [0.1, 0.15) is 25.0 Å². The summed E-state index contributed by atoms with van der Waals surface area (Å²) in [6.07, 6.45) is 5.29. The number of aliphatic hydroxyl groups excluding tert-OH is 1. The van der Waals surface area contributed by atoms with Gasteiger partial charge in [0.2, 0.25) is 6.79 Å². The second-order valence-electron chi connectivity index (χ2n) is 4.35. The highest BCUT2D eigenvalue weighted by Gasteiger charge is 2.16. The van der Waals surface area contributed by atoms with Gasteiger partial charge in [-0.1, -0.05) is 6.07 Å². The summed E-state index contributed by atoms with van der Waals surface area (Å²) in [7, 11) is 0. The predicted octanol–water partition coefficient (Wildman–Crippen LogP) is 1.45. The third kappa shape index (κ3) is 2.95. The second kappa shape index (κ2) is 5.76. The molecule has 0 radical (unpaired) electrons. The quantitative estimate of drug-likeness (QED) is 0.773. The maximum Gasteiger partial charge on any atom is 0.231 e. The van der Waals surface area contributed by atoms with Crippen molar-refractivity contribution in [2.45, 2.75) is 25.5 Å². The standard InChI is InChI=1S/C14H17NO3/c1-3-4-10(2)15-8-12(16)11-5-6-13-14(7-11)18-9-17-13/h1,5-7,10,12,15-16H,4,8-9H2,2H3. The summed E-state index contributed by atoms with van der Waals surface area (Å²) in [5, 5.41) is 13.2. The Labute approximate surface area is 107 Å². The molecular weight excluding hydrogens is 230 g/mol. The van der Waals surface area contributed by atoms with Gasteiger partial charge in [-0.15, -0.1) is 12.3 Å². The Kier molecular flexibility index (Phi) is 4.08. The lowest BCUT2D eigenvalue weighted by atomic mass is 10.1. The van der Waals surface area contributed by atoms with Gasteiger partial charge in [-0.2, -0.15) is 0 Å². The molecule has 0 bridgehead atoms. The Hall–Kier alpha value is -1.70. The third-order valence-corrected chi connectivity index (χ3v) is 2.87. The molecule has 0 aromatic heterocycles. The Morgan fingerprint density at radius 1 is 1.44 bits per heavy atom. The summed E-state index contributed by atoms with van der Waals surface area (Å²) >= 11 is 0. The number of hydrogen-bond acceptors (Lipinski definition) is 4. The average Bonchev–Trinajstić information content (AvgIpc) is 2.83. The van der Waals surface area contributed by atoms with Gasteiger partial charge in [0.05, 0.1) is 6.10 Å². The molecule has 2 atom stereocenters. The van der Waals surface area contributed by atoms with Crippen molar-refractivity contribution in [3.63, 3.8) is 0 Å². The number of rotatable bonds is 5. The highest BCUT2D eigenvalue weighted by Crippen LogP contribution is 2.34. The van der Waals surface area contributed by atoms with Crippen LogP contribution in [0.5, 0.6) is 11.5 Å². The lowest BCUT2D eigenvalue weighted by Crippen LogP contribution is -2.30. The molecule has 0 aliphatic carbocycles. The molecule has 4 nitrogen and oxygen atoms in total. The Bertz CT molecular complexity index is 453. The molecule has 1 aliphatic heterocycles. The van der Waals surface area contributed by atoms with E-state index in [9.17, 15) is 5.11 Å². The fourth-order valence-electron chi connectivity index (χ4n) is 1.80. The number of fused-ring (bicyclic) bond motifs is 1. The monoisotopic (exact) mass is 247 g/mol. The predicted molar refractivity (Wildman–Crippen MR) is 68.4 cm³/mol. The highest BCUT2D eigenvalue weighted by molar-refractivity contribution is 5.45. The molecule has 4 heteroatoms. The van der Waals surface area contributed by atoms with Crippen LogP contribution in [0.15, 0.2) is 18.2 Å². The first kappa shape index (κ1) is 12.7. The number of nitrogens with one attached hydrogen (secondary N) is 1. The fraction of sp³-hybridized carbons (Fsp3) is 0.429. The Morgan fingerprint density at radius 3 is 3.00 bits per heavy atom. The van der Waals surface area contributed by atoms with Gasteiger partial charge in [-0.05, 0) is 24.6 Å². The summed E-state index contributed by atoms with van der Waals surface area (Å²) in [5.74, 6) is 3.99. The Morgan fingerprint density at radius 2 is 2.22 bits per heavy atom. The molecule has 2 unspecified atom stereocenters. The van der Waals surface area contributed by atoms with Crippen LogP contribution in [0.25, 0.3) is 0 Å². The maximum absolute atomic E-state index is 10.1. The topological polar surface area (TPSA) is 50.7 Å². The van der Waals surface area contributed by atoms with Crippen LogP contribution >= 0.6 is 0 Å². The van der Waals surface area contributed by atoms with Crippen molar-refractivity contribution < 1.29 is 14.6 Å². The van der Waals surface area contributed by atoms with Gasteiger partial charge in [0.25, 0.3) is 0 Å². The van der Waals surface area contributed by atoms with Gasteiger partial charge >= 0.3 is 0 Å². The van der Waals surface area contributed by atoms with E-state index >= 15 is 0 Å². The summed E-state index contributed by atoms with van der Waals surface area (Å²) in [4.78, 5) is 0. The van der Waals surface area contributed by atoms with E-state index < -0.39 is 6.10 Å². The van der Waals surface area contributed by atoms with Crippen molar-refractivity contribution in [2.75, 3.05) is 13.3 Å². The molecule has 1 aromatic carbocycles. The molecule has 2 N–H and O–H groups in total. The van der Waals surface area contributed by atoms with Crippen LogP contribution in [0.2, 0.25) is 0 Å². The fourth-order valence-corrected chi connectivity index (χ4v) is 1.80. The number of terminal acetylenes is 1. The maximum atomic E-state index is 10.1. The summed E-state index contributed by atoms with van der Waals surface area (Å²) in [6, 6.07) is 5.65. The van der Waals surface area contributed by atoms with Crippen molar-refractivity contribution in [3.8, 4) is 23.8 Å². The van der Waals surface area contributed by atoms with E-state index in [0.717, 1.165) is 11.3 Å². The zero-order valence-corrected chi connectivity index (χ0v) is 10.3. The van der Waals surface area contributed by atoms with Crippen LogP contribution in [0, 0.1) is 12.3 Å². The zero-order chi connectivity index (χ0) is 13.0. The summed E-state index contributed by atoms with van der Waals surface area (Å²) in [6.45, 7) is 2.70. The van der Waals surface area contributed by atoms with Crippen molar-refractivity contribution in [2.24, 2.45) is 0 Å². The lowest BCUT2D eigenvalue weighted by Gasteiger charge is -2.16. The zero-order valence-electron chi connectivity index (χ0n) is 10.3. The SMILES string of the molecule is C#CCC(C)NCC(O)c1ccc2c(c1)OCO2. The minimum absolute atomic E-state index is 0.193. The molecule has 2 rings (SSSR count). The highest BCUT2D eigenvalue weighted by atomic mass is 16.7. The molecule has 18 heavy (non-hydrogen) atoms. The molecule has 0 fully saturated rings. The average molecular weight is 247 g/mol. The van der Waals surface area contributed by atoms with Gasteiger partial charge in [0.15, 0.2) is 11.5 Å². The van der Waals surface area contributed by atoms with Crippen LogP contribution in [-0.2, 0) is 0 Å². The minimum Gasteiger partial charge on any atom is -0.454 e. The molecule has 0 amide bonds. The number of benzene rings is 1. The molecule has 1 aromatic rings. The van der Waals surface area contributed by atoms with Crippen molar-refractivity contribution >= 4 is 0 Å². The van der Waals surface area contributed by atoms with Gasteiger partial charge < -0.3 is 19.9 Å². The largest absolute Gasteiger partial charge is 0.454 e. The Balaban J connectivity index is 1.93. The number of aliphatic hydroxyl groups is 1. The smallest absolute Gasteiger partial charge is 0.231 e. The molecule has 0 spiro atoms. The summed E-state index contributed by atoms with van der Waals surface area (Å²) in [5.41, 5.74) is 0.805. The van der Waals surface area contributed by atoms with Crippen molar-refractivity contribution in [1.29, 1.82) is 0 Å². The van der Waals surface area contributed by atoms with Gasteiger partial charge in [-0.25, -0.2) is 0 Å². The molecule has 0 saturated carbocycles. The van der Waals surface area contributed by atoms with Crippen LogP contribution in [0.4, 0.5) is 0 Å². The van der Waals surface area contributed by atoms with E-state index in [1.807, 2.05) is 19.1 Å². The van der Waals surface area contributed by atoms with E-state index in [4.69, 9.17) is 15.9 Å². The van der Waals surface area contributed by atoms with E-state index in [2.05, 4.69) is 11.2 Å². The van der Waals surface area contributed by atoms with Gasteiger partial charge in [0.1, 0.15) is 0 Å². The summed E-state index contributed by atoms with van der Waals surface area (Å²) < 4.78 is 10.5. The van der Waals surface area contributed by atoms with Crippen LogP contribution in [0.3, 0.4) is 0 Å². The van der Waals surface area contributed by atoms with E-state index in [1.165, 1.54) is 0 Å². The first-order valence-corrected chi connectivity index (χ1v) is 5.95. The van der Waals surface area contributed by atoms with Crippen molar-refractivity contribution in [3.05, 3.63) is 23.8 Å². The van der Waals surface area contributed by atoms with E-state index in [-0.39, 0.29) is 12.8 Å². The molecular formula is C14H17NO3. The molecule has 1 aliphatic rings.